The van der Waals surface area contributed by atoms with E-state index in [2.05, 4.69) is 6.58 Å². The van der Waals surface area contributed by atoms with Crippen molar-refractivity contribution in [2.45, 2.75) is 58.1 Å². The lowest BCUT2D eigenvalue weighted by Gasteiger charge is -2.22. The Morgan fingerprint density at radius 1 is 1.33 bits per heavy atom. The average Bonchev–Trinajstić information content (AvgIpc) is 3.04. The van der Waals surface area contributed by atoms with Gasteiger partial charge in [-0.15, -0.1) is 6.58 Å². The third-order valence-corrected chi connectivity index (χ3v) is 2.60. The number of ether oxygens (including phenoxy) is 1. The van der Waals surface area contributed by atoms with E-state index in [9.17, 15) is 9.59 Å². The molecule has 1 rings (SSSR count). The van der Waals surface area contributed by atoms with E-state index in [0.717, 1.165) is 12.8 Å². The molecule has 0 saturated heterocycles. The van der Waals surface area contributed by atoms with Crippen LogP contribution >= 0.6 is 0 Å². The Labute approximate surface area is 109 Å². The monoisotopic (exact) mass is 253 g/mol. The van der Waals surface area contributed by atoms with Crippen LogP contribution in [0.3, 0.4) is 0 Å². The van der Waals surface area contributed by atoms with Crippen LogP contribution in [0.1, 0.15) is 46.5 Å². The van der Waals surface area contributed by atoms with E-state index in [0.29, 0.717) is 12.6 Å². The Bertz CT molecular complexity index is 326. The summed E-state index contributed by atoms with van der Waals surface area (Å²) in [5, 5.41) is 0. The van der Waals surface area contributed by atoms with Crippen LogP contribution < -0.4 is 0 Å². The molecule has 0 atom stereocenters. The number of rotatable bonds is 6. The Balaban J connectivity index is 2.35. The molecule has 1 aliphatic rings. The van der Waals surface area contributed by atoms with E-state index in [-0.39, 0.29) is 24.7 Å². The first-order chi connectivity index (χ1) is 8.33. The molecule has 4 heteroatoms. The highest BCUT2D eigenvalue weighted by molar-refractivity contribution is 5.82. The van der Waals surface area contributed by atoms with Crippen LogP contribution in [0.2, 0.25) is 0 Å². The van der Waals surface area contributed by atoms with Gasteiger partial charge < -0.3 is 9.64 Å². The Hall–Kier alpha value is -1.32. The van der Waals surface area contributed by atoms with Gasteiger partial charge in [0.1, 0.15) is 5.60 Å². The number of hydrogen-bond donors (Lipinski definition) is 0. The lowest BCUT2D eigenvalue weighted by atomic mass is 10.2. The van der Waals surface area contributed by atoms with Gasteiger partial charge in [-0.05, 0) is 33.6 Å². The molecular weight excluding hydrogens is 230 g/mol. The lowest BCUT2D eigenvalue weighted by Crippen LogP contribution is -2.34. The molecule has 0 heterocycles. The van der Waals surface area contributed by atoms with Crippen LogP contribution in [0.4, 0.5) is 0 Å². The Morgan fingerprint density at radius 3 is 2.39 bits per heavy atom. The second-order valence-corrected chi connectivity index (χ2v) is 5.65. The van der Waals surface area contributed by atoms with Crippen LogP contribution in [0, 0.1) is 0 Å². The quantitative estimate of drug-likeness (QED) is 0.539. The summed E-state index contributed by atoms with van der Waals surface area (Å²) in [5.74, 6) is -0.298. The fourth-order valence-corrected chi connectivity index (χ4v) is 1.72. The van der Waals surface area contributed by atoms with Gasteiger partial charge in [-0.2, -0.15) is 0 Å². The summed E-state index contributed by atoms with van der Waals surface area (Å²) < 4.78 is 5.17. The van der Waals surface area contributed by atoms with E-state index in [1.165, 1.54) is 0 Å². The van der Waals surface area contributed by atoms with Gasteiger partial charge in [0.05, 0.1) is 6.42 Å². The SMILES string of the molecule is C=CCN(C(=O)CCC(=O)OC(C)(C)C)C1CC1. The average molecular weight is 253 g/mol. The van der Waals surface area contributed by atoms with Crippen molar-refractivity contribution in [1.82, 2.24) is 4.90 Å². The summed E-state index contributed by atoms with van der Waals surface area (Å²) in [7, 11) is 0. The molecule has 0 radical (unpaired) electrons. The molecule has 0 aromatic carbocycles. The van der Waals surface area contributed by atoms with Crippen molar-refractivity contribution in [3.63, 3.8) is 0 Å². The highest BCUT2D eigenvalue weighted by atomic mass is 16.6. The van der Waals surface area contributed by atoms with E-state index in [1.54, 1.807) is 11.0 Å². The lowest BCUT2D eigenvalue weighted by molar-refractivity contribution is -0.156. The van der Waals surface area contributed by atoms with Crippen molar-refractivity contribution in [2.75, 3.05) is 6.54 Å². The maximum absolute atomic E-state index is 12.0. The summed E-state index contributed by atoms with van der Waals surface area (Å²) >= 11 is 0. The maximum atomic E-state index is 12.0. The molecule has 0 bridgehead atoms. The summed E-state index contributed by atoms with van der Waals surface area (Å²) in [5.41, 5.74) is -0.489. The molecule has 0 aromatic heterocycles. The predicted molar refractivity (Wildman–Crippen MR) is 70.0 cm³/mol. The molecule has 102 valence electrons. The van der Waals surface area contributed by atoms with Crippen molar-refractivity contribution >= 4 is 11.9 Å². The Kier molecular flexibility index (Phi) is 4.93. The minimum Gasteiger partial charge on any atom is -0.460 e. The van der Waals surface area contributed by atoms with Crippen molar-refractivity contribution in [3.8, 4) is 0 Å². The van der Waals surface area contributed by atoms with Crippen molar-refractivity contribution in [1.29, 1.82) is 0 Å². The molecule has 0 unspecified atom stereocenters. The van der Waals surface area contributed by atoms with Crippen molar-refractivity contribution in [2.24, 2.45) is 0 Å². The molecule has 18 heavy (non-hydrogen) atoms. The van der Waals surface area contributed by atoms with Gasteiger partial charge in [-0.1, -0.05) is 6.08 Å². The highest BCUT2D eigenvalue weighted by Crippen LogP contribution is 2.27. The molecule has 0 aromatic rings. The van der Waals surface area contributed by atoms with Gasteiger partial charge in [0.15, 0.2) is 0 Å². The predicted octanol–water partition coefficient (Wildman–Crippen LogP) is 2.29. The molecule has 1 saturated carbocycles. The first kappa shape index (κ1) is 14.7. The van der Waals surface area contributed by atoms with E-state index in [1.807, 2.05) is 20.8 Å². The number of hydrogen-bond acceptors (Lipinski definition) is 3. The number of esters is 1. The number of nitrogens with zero attached hydrogens (tertiary/aromatic N) is 1. The number of amides is 1. The van der Waals surface area contributed by atoms with Crippen LogP contribution in [0.25, 0.3) is 0 Å². The van der Waals surface area contributed by atoms with Crippen LogP contribution in [0.5, 0.6) is 0 Å². The number of carbonyl (C=O) groups is 2. The van der Waals surface area contributed by atoms with E-state index >= 15 is 0 Å². The molecule has 4 nitrogen and oxygen atoms in total. The largest absolute Gasteiger partial charge is 0.460 e. The first-order valence-corrected chi connectivity index (χ1v) is 6.45. The summed E-state index contributed by atoms with van der Waals surface area (Å²) in [4.78, 5) is 25.3. The van der Waals surface area contributed by atoms with Gasteiger partial charge in [0.2, 0.25) is 5.91 Å². The topological polar surface area (TPSA) is 46.6 Å². The highest BCUT2D eigenvalue weighted by Gasteiger charge is 2.31. The fourth-order valence-electron chi connectivity index (χ4n) is 1.72. The minimum atomic E-state index is -0.489. The van der Waals surface area contributed by atoms with Crippen LogP contribution in [0.15, 0.2) is 12.7 Å². The van der Waals surface area contributed by atoms with Gasteiger partial charge in [0.25, 0.3) is 0 Å². The fraction of sp³-hybridized carbons (Fsp3) is 0.714. The van der Waals surface area contributed by atoms with Gasteiger partial charge in [-0.25, -0.2) is 0 Å². The van der Waals surface area contributed by atoms with Gasteiger partial charge in [0, 0.05) is 19.0 Å². The molecule has 1 aliphatic carbocycles. The third kappa shape index (κ3) is 5.34. The normalized spacial score (nSPS) is 15.1. The third-order valence-electron chi connectivity index (χ3n) is 2.60. The molecule has 0 N–H and O–H groups in total. The standard InChI is InChI=1S/C14H23NO3/c1-5-10-15(11-6-7-11)12(16)8-9-13(17)18-14(2,3)4/h5,11H,1,6-10H2,2-4H3. The van der Waals surface area contributed by atoms with E-state index < -0.39 is 5.60 Å². The minimum absolute atomic E-state index is 0.0169. The van der Waals surface area contributed by atoms with Crippen LogP contribution in [-0.2, 0) is 14.3 Å². The zero-order chi connectivity index (χ0) is 13.8. The molecule has 1 amide bonds. The van der Waals surface area contributed by atoms with Crippen molar-refractivity contribution in [3.05, 3.63) is 12.7 Å². The second kappa shape index (κ2) is 6.03. The van der Waals surface area contributed by atoms with Crippen LogP contribution in [-0.4, -0.2) is 35.0 Å². The second-order valence-electron chi connectivity index (χ2n) is 5.65. The Morgan fingerprint density at radius 2 is 1.94 bits per heavy atom. The summed E-state index contributed by atoms with van der Waals surface area (Å²) in [6, 6.07) is 0.356. The summed E-state index contributed by atoms with van der Waals surface area (Å²) in [6.07, 6.45) is 4.22. The van der Waals surface area contributed by atoms with E-state index in [4.69, 9.17) is 4.74 Å². The molecular formula is C14H23NO3. The first-order valence-electron chi connectivity index (χ1n) is 6.45. The van der Waals surface area contributed by atoms with Gasteiger partial charge in [-0.3, -0.25) is 9.59 Å². The van der Waals surface area contributed by atoms with Crippen molar-refractivity contribution < 1.29 is 14.3 Å². The molecule has 0 spiro atoms. The summed E-state index contributed by atoms with van der Waals surface area (Å²) in [6.45, 7) is 9.68. The van der Waals surface area contributed by atoms with Gasteiger partial charge >= 0.3 is 5.97 Å². The smallest absolute Gasteiger partial charge is 0.306 e. The zero-order valence-corrected chi connectivity index (χ0v) is 11.6. The number of carbonyl (C=O) groups excluding carboxylic acids is 2. The maximum Gasteiger partial charge on any atom is 0.306 e. The zero-order valence-electron chi connectivity index (χ0n) is 11.6. The molecule has 1 fully saturated rings. The molecule has 0 aliphatic heterocycles.